The van der Waals surface area contributed by atoms with Gasteiger partial charge in [0, 0.05) is 30.8 Å². The van der Waals surface area contributed by atoms with E-state index in [-0.39, 0.29) is 11.7 Å². The Kier molecular flexibility index (Phi) is 4.68. The normalized spacial score (nSPS) is 17.9. The van der Waals surface area contributed by atoms with Crippen LogP contribution in [0.25, 0.3) is 11.3 Å². The summed E-state index contributed by atoms with van der Waals surface area (Å²) < 4.78 is 18.4. The lowest BCUT2D eigenvalue weighted by molar-refractivity contribution is -0.129. The minimum absolute atomic E-state index is 0.0658. The zero-order valence-corrected chi connectivity index (χ0v) is 14.8. The third-order valence-electron chi connectivity index (χ3n) is 4.60. The van der Waals surface area contributed by atoms with Crippen LogP contribution in [0.5, 0.6) is 0 Å². The molecule has 0 radical (unpaired) electrons. The van der Waals surface area contributed by atoms with Gasteiger partial charge < -0.3 is 9.84 Å². The summed E-state index contributed by atoms with van der Waals surface area (Å²) >= 11 is 0. The molecular weight excluding hydrogens is 351 g/mol. The number of aromatic nitrogens is 4. The molecule has 3 heterocycles. The minimum atomic E-state index is -0.408. The third kappa shape index (κ3) is 3.72. The van der Waals surface area contributed by atoms with Gasteiger partial charge in [-0.1, -0.05) is 5.16 Å². The summed E-state index contributed by atoms with van der Waals surface area (Å²) in [7, 11) is 0. The number of aryl methyl sites for hydroxylation is 1. The Balaban J connectivity index is 1.56. The number of aromatic amines is 1. The summed E-state index contributed by atoms with van der Waals surface area (Å²) in [5.74, 6) is 0.623. The van der Waals surface area contributed by atoms with Crippen molar-refractivity contribution < 1.29 is 13.7 Å². The molecule has 1 aliphatic rings. The van der Waals surface area contributed by atoms with Crippen molar-refractivity contribution in [1.82, 2.24) is 30.6 Å². The maximum Gasteiger partial charge on any atom is 0.237 e. The van der Waals surface area contributed by atoms with E-state index < -0.39 is 6.04 Å². The van der Waals surface area contributed by atoms with Crippen LogP contribution in [0.2, 0.25) is 0 Å². The second-order valence-electron chi connectivity index (χ2n) is 6.49. The molecule has 0 saturated carbocycles. The number of hydrogen-bond acceptors (Lipinski definition) is 6. The van der Waals surface area contributed by atoms with Crippen LogP contribution in [0, 0.1) is 12.7 Å². The molecule has 3 aromatic rings. The highest BCUT2D eigenvalue weighted by Gasteiger charge is 2.32. The highest BCUT2D eigenvalue weighted by molar-refractivity contribution is 5.82. The molecule has 140 valence electrons. The minimum Gasteiger partial charge on any atom is -0.353 e. The van der Waals surface area contributed by atoms with Crippen molar-refractivity contribution in [3.63, 3.8) is 0 Å². The van der Waals surface area contributed by atoms with E-state index in [0.29, 0.717) is 37.8 Å². The zero-order chi connectivity index (χ0) is 18.8. The number of nitrogens with zero attached hydrogens (tertiary/aromatic N) is 4. The highest BCUT2D eigenvalue weighted by atomic mass is 19.1. The number of H-pyrrole nitrogens is 1. The zero-order valence-electron chi connectivity index (χ0n) is 14.8. The van der Waals surface area contributed by atoms with E-state index in [9.17, 15) is 9.18 Å². The lowest BCUT2D eigenvalue weighted by Crippen LogP contribution is -2.55. The molecule has 4 rings (SSSR count). The summed E-state index contributed by atoms with van der Waals surface area (Å²) in [5.41, 5.74) is 2.59. The molecule has 1 saturated heterocycles. The maximum absolute atomic E-state index is 13.2. The number of nitrogens with one attached hydrogen (secondary N) is 2. The van der Waals surface area contributed by atoms with Gasteiger partial charge in [0.1, 0.15) is 5.82 Å². The van der Waals surface area contributed by atoms with E-state index in [1.54, 1.807) is 25.3 Å². The van der Waals surface area contributed by atoms with Crippen molar-refractivity contribution in [2.24, 2.45) is 0 Å². The van der Waals surface area contributed by atoms with Crippen LogP contribution in [0.4, 0.5) is 4.39 Å². The lowest BCUT2D eigenvalue weighted by atomic mass is 10.0. The lowest BCUT2D eigenvalue weighted by Gasteiger charge is -2.34. The smallest absolute Gasteiger partial charge is 0.237 e. The van der Waals surface area contributed by atoms with Gasteiger partial charge in [-0.2, -0.15) is 10.1 Å². The van der Waals surface area contributed by atoms with Crippen molar-refractivity contribution in [1.29, 1.82) is 0 Å². The number of piperazine rings is 1. The van der Waals surface area contributed by atoms with Gasteiger partial charge in [-0.3, -0.25) is 14.8 Å². The first-order chi connectivity index (χ1) is 13.1. The topological polar surface area (TPSA) is 99.9 Å². The fourth-order valence-corrected chi connectivity index (χ4v) is 3.28. The SMILES string of the molecule is Cc1noc(CC2C(=O)NCCN2Cc2cn[nH]c2-c2ccc(F)cc2)n1. The van der Waals surface area contributed by atoms with Gasteiger partial charge in [0.2, 0.25) is 11.8 Å². The van der Waals surface area contributed by atoms with Crippen LogP contribution in [0.15, 0.2) is 35.0 Å². The first-order valence-corrected chi connectivity index (χ1v) is 8.69. The van der Waals surface area contributed by atoms with Crippen molar-refractivity contribution in [3.8, 4) is 11.3 Å². The van der Waals surface area contributed by atoms with Gasteiger partial charge in [0.15, 0.2) is 5.82 Å². The largest absolute Gasteiger partial charge is 0.353 e. The molecule has 2 N–H and O–H groups in total. The maximum atomic E-state index is 13.2. The quantitative estimate of drug-likeness (QED) is 0.705. The van der Waals surface area contributed by atoms with Crippen molar-refractivity contribution in [3.05, 3.63) is 53.6 Å². The molecule has 27 heavy (non-hydrogen) atoms. The van der Waals surface area contributed by atoms with Gasteiger partial charge in [-0.05, 0) is 31.2 Å². The number of hydrogen-bond donors (Lipinski definition) is 2. The molecule has 1 amide bonds. The fraction of sp³-hybridized carbons (Fsp3) is 0.333. The van der Waals surface area contributed by atoms with E-state index >= 15 is 0 Å². The molecule has 0 bridgehead atoms. The molecule has 2 aromatic heterocycles. The van der Waals surface area contributed by atoms with E-state index in [1.165, 1.54) is 12.1 Å². The van der Waals surface area contributed by atoms with Crippen LogP contribution >= 0.6 is 0 Å². The summed E-state index contributed by atoms with van der Waals surface area (Å²) in [6, 6.07) is 5.82. The predicted octanol–water partition coefficient (Wildman–Crippen LogP) is 1.45. The average molecular weight is 370 g/mol. The van der Waals surface area contributed by atoms with Gasteiger partial charge >= 0.3 is 0 Å². The highest BCUT2D eigenvalue weighted by Crippen LogP contribution is 2.24. The second kappa shape index (κ2) is 7.28. The summed E-state index contributed by atoms with van der Waals surface area (Å²) in [6.45, 7) is 3.53. The number of amides is 1. The van der Waals surface area contributed by atoms with E-state index in [0.717, 1.165) is 16.8 Å². The van der Waals surface area contributed by atoms with E-state index in [4.69, 9.17) is 4.52 Å². The third-order valence-corrected chi connectivity index (χ3v) is 4.60. The molecule has 8 nitrogen and oxygen atoms in total. The van der Waals surface area contributed by atoms with Crippen molar-refractivity contribution >= 4 is 5.91 Å². The monoisotopic (exact) mass is 370 g/mol. The van der Waals surface area contributed by atoms with Crippen molar-refractivity contribution in [2.45, 2.75) is 25.9 Å². The fourth-order valence-electron chi connectivity index (χ4n) is 3.28. The molecule has 0 aliphatic carbocycles. The van der Waals surface area contributed by atoms with Gasteiger partial charge in [0.05, 0.1) is 24.4 Å². The molecule has 9 heteroatoms. The summed E-state index contributed by atoms with van der Waals surface area (Å²) in [4.78, 5) is 18.7. The Bertz CT molecular complexity index is 935. The van der Waals surface area contributed by atoms with Crippen LogP contribution in [0.3, 0.4) is 0 Å². The Morgan fingerprint density at radius 3 is 2.89 bits per heavy atom. The standard InChI is InChI=1S/C18H19FN6O2/c1-11-22-16(27-24-11)8-15-18(26)20-6-7-25(15)10-13-9-21-23-17(13)12-2-4-14(19)5-3-12/h2-5,9,15H,6-8,10H2,1H3,(H,20,26)(H,21,23). The number of benzene rings is 1. The summed E-state index contributed by atoms with van der Waals surface area (Å²) in [6.07, 6.45) is 2.08. The van der Waals surface area contributed by atoms with Crippen LogP contribution < -0.4 is 5.32 Å². The van der Waals surface area contributed by atoms with Crippen LogP contribution in [-0.2, 0) is 17.8 Å². The molecule has 0 spiro atoms. The van der Waals surface area contributed by atoms with E-state index in [2.05, 4.69) is 30.6 Å². The Morgan fingerprint density at radius 1 is 1.33 bits per heavy atom. The molecule has 1 aromatic carbocycles. The van der Waals surface area contributed by atoms with Crippen LogP contribution in [-0.4, -0.2) is 50.3 Å². The number of carbonyl (C=O) groups excluding carboxylic acids is 1. The Morgan fingerprint density at radius 2 is 2.15 bits per heavy atom. The Hall–Kier alpha value is -3.07. The predicted molar refractivity (Wildman–Crippen MR) is 93.9 cm³/mol. The number of halogens is 1. The first-order valence-electron chi connectivity index (χ1n) is 8.69. The van der Waals surface area contributed by atoms with Gasteiger partial charge in [0.25, 0.3) is 0 Å². The Labute approximate surface area is 154 Å². The van der Waals surface area contributed by atoms with Crippen LogP contribution in [0.1, 0.15) is 17.3 Å². The molecular formula is C18H19FN6O2. The van der Waals surface area contributed by atoms with E-state index in [1.807, 2.05) is 0 Å². The van der Waals surface area contributed by atoms with Gasteiger partial charge in [-0.15, -0.1) is 0 Å². The van der Waals surface area contributed by atoms with Crippen molar-refractivity contribution in [2.75, 3.05) is 13.1 Å². The molecule has 1 aliphatic heterocycles. The second-order valence-corrected chi connectivity index (χ2v) is 6.49. The molecule has 1 fully saturated rings. The number of carbonyl (C=O) groups is 1. The average Bonchev–Trinajstić information content (AvgIpc) is 3.28. The molecule has 1 atom stereocenters. The van der Waals surface area contributed by atoms with Gasteiger partial charge in [-0.25, -0.2) is 4.39 Å². The first kappa shape index (κ1) is 17.3. The molecule has 1 unspecified atom stereocenters. The summed E-state index contributed by atoms with van der Waals surface area (Å²) in [5, 5.41) is 13.8. The number of rotatable bonds is 5.